The fraction of sp³-hybridized carbons (Fsp3) is 0. The Balaban J connectivity index is 3.30. The van der Waals surface area contributed by atoms with Crippen LogP contribution in [0.2, 0.25) is 0 Å². The highest BCUT2D eigenvalue weighted by atomic mass is 127. The van der Waals surface area contributed by atoms with Crippen LogP contribution in [0, 0.1) is 3.90 Å². The van der Waals surface area contributed by atoms with E-state index in [9.17, 15) is 4.79 Å². The van der Waals surface area contributed by atoms with Crippen molar-refractivity contribution >= 4 is 22.6 Å². The first kappa shape index (κ1) is 4.82. The van der Waals surface area contributed by atoms with Crippen LogP contribution in [0.15, 0.2) is 9.32 Å². The number of nitrogens with zero attached hydrogens (tertiary/aromatic N) is 1. The van der Waals surface area contributed by atoms with E-state index in [1.54, 1.807) is 22.6 Å². The summed E-state index contributed by atoms with van der Waals surface area (Å²) >= 11 is 1.79. The standard InChI is InChI=1S/C2HIN2O2/c3-1-4-2(6)5-7-1/h(H,5,6). The van der Waals surface area contributed by atoms with Crippen molar-refractivity contribution in [2.45, 2.75) is 0 Å². The van der Waals surface area contributed by atoms with Gasteiger partial charge in [-0.3, -0.25) is 0 Å². The number of nitrogens with one attached hydrogen (secondary N) is 1. The van der Waals surface area contributed by atoms with Crippen LogP contribution in [-0.2, 0) is 0 Å². The predicted molar refractivity (Wildman–Crippen MR) is 29.8 cm³/mol. The van der Waals surface area contributed by atoms with Gasteiger partial charge in [-0.2, -0.15) is 5.16 Å². The van der Waals surface area contributed by atoms with E-state index in [1.165, 1.54) is 0 Å². The Morgan fingerprint density at radius 1 is 1.86 bits per heavy atom. The predicted octanol–water partition coefficient (Wildman–Crippen LogP) is -0.0325. The van der Waals surface area contributed by atoms with Gasteiger partial charge in [0.15, 0.2) is 0 Å². The van der Waals surface area contributed by atoms with Crippen molar-refractivity contribution in [2.24, 2.45) is 0 Å². The molecule has 4 nitrogen and oxygen atoms in total. The monoisotopic (exact) mass is 212 g/mol. The SMILES string of the molecule is O=c1nc(I)o[nH]1. The lowest BCUT2D eigenvalue weighted by Crippen LogP contribution is -1.99. The Morgan fingerprint density at radius 3 is 2.71 bits per heavy atom. The zero-order valence-electron chi connectivity index (χ0n) is 3.14. The van der Waals surface area contributed by atoms with Crippen LogP contribution in [-0.4, -0.2) is 10.1 Å². The molecule has 0 fully saturated rings. The molecule has 1 aromatic rings. The molecule has 0 saturated heterocycles. The van der Waals surface area contributed by atoms with Crippen molar-refractivity contribution in [3.8, 4) is 0 Å². The van der Waals surface area contributed by atoms with Crippen molar-refractivity contribution in [2.75, 3.05) is 0 Å². The molecule has 0 spiro atoms. The Kier molecular flexibility index (Phi) is 1.13. The van der Waals surface area contributed by atoms with Crippen LogP contribution in [0.3, 0.4) is 0 Å². The van der Waals surface area contributed by atoms with Gasteiger partial charge in [0.1, 0.15) is 0 Å². The zero-order chi connectivity index (χ0) is 5.28. The molecule has 5 heteroatoms. The number of hydrogen-bond acceptors (Lipinski definition) is 3. The van der Waals surface area contributed by atoms with Crippen molar-refractivity contribution in [1.82, 2.24) is 10.1 Å². The quantitative estimate of drug-likeness (QED) is 0.614. The summed E-state index contributed by atoms with van der Waals surface area (Å²) in [6.45, 7) is 0. The van der Waals surface area contributed by atoms with E-state index in [-0.39, 0.29) is 0 Å². The van der Waals surface area contributed by atoms with Gasteiger partial charge in [0.05, 0.1) is 0 Å². The molecule has 38 valence electrons. The molecule has 1 heterocycles. The minimum atomic E-state index is -0.440. The number of hydrogen-bond donors (Lipinski definition) is 1. The molecule has 7 heavy (non-hydrogen) atoms. The van der Waals surface area contributed by atoms with Gasteiger partial charge in [0, 0.05) is 22.6 Å². The van der Waals surface area contributed by atoms with Gasteiger partial charge in [0.25, 0.3) is 3.90 Å². The Labute approximate surface area is 52.0 Å². The highest BCUT2D eigenvalue weighted by Gasteiger charge is 1.89. The molecule has 0 aliphatic carbocycles. The number of halogens is 1. The Bertz CT molecular complexity index is 201. The number of aromatic nitrogens is 2. The molecule has 0 saturated carbocycles. The topological polar surface area (TPSA) is 58.9 Å². The minimum absolute atomic E-state index is 0.336. The maximum absolute atomic E-state index is 10.0. The second-order valence-electron chi connectivity index (χ2n) is 0.874. The molecule has 0 aliphatic heterocycles. The Morgan fingerprint density at radius 2 is 2.57 bits per heavy atom. The third-order valence-corrected chi connectivity index (χ3v) is 0.873. The highest BCUT2D eigenvalue weighted by Crippen LogP contribution is 1.89. The average molecular weight is 212 g/mol. The summed E-state index contributed by atoms with van der Waals surface area (Å²) in [6, 6.07) is 0. The first-order chi connectivity index (χ1) is 3.29. The molecule has 0 atom stereocenters. The van der Waals surface area contributed by atoms with E-state index in [0.29, 0.717) is 3.90 Å². The molecule has 0 aliphatic rings. The lowest BCUT2D eigenvalue weighted by molar-refractivity contribution is 0.389. The van der Waals surface area contributed by atoms with Gasteiger partial charge >= 0.3 is 5.69 Å². The fourth-order valence-electron chi connectivity index (χ4n) is 0.211. The molecule has 0 amide bonds. The maximum atomic E-state index is 10.0. The van der Waals surface area contributed by atoms with Crippen molar-refractivity contribution in [3.05, 3.63) is 14.4 Å². The van der Waals surface area contributed by atoms with Crippen LogP contribution in [0.1, 0.15) is 0 Å². The first-order valence-corrected chi connectivity index (χ1v) is 2.58. The highest BCUT2D eigenvalue weighted by molar-refractivity contribution is 14.1. The van der Waals surface area contributed by atoms with Gasteiger partial charge in [-0.1, -0.05) is 0 Å². The summed E-state index contributed by atoms with van der Waals surface area (Å²) in [5, 5.41) is 2.02. The Hall–Kier alpha value is -0.330. The molecule has 1 N–H and O–H groups in total. The normalized spacial score (nSPS) is 9.29. The zero-order valence-corrected chi connectivity index (χ0v) is 5.30. The molecule has 0 unspecified atom stereocenters. The average Bonchev–Trinajstić information content (AvgIpc) is 1.87. The minimum Gasteiger partial charge on any atom is -0.351 e. The fourth-order valence-corrected chi connectivity index (χ4v) is 0.540. The molecule has 1 aromatic heterocycles. The summed E-state index contributed by atoms with van der Waals surface area (Å²) in [4.78, 5) is 13.3. The molecule has 1 rings (SSSR count). The van der Waals surface area contributed by atoms with Crippen molar-refractivity contribution < 1.29 is 4.52 Å². The summed E-state index contributed by atoms with van der Waals surface area (Å²) in [5.74, 6) is 0. The van der Waals surface area contributed by atoms with Crippen LogP contribution in [0.25, 0.3) is 0 Å². The second-order valence-corrected chi connectivity index (χ2v) is 1.80. The largest absolute Gasteiger partial charge is 0.377 e. The van der Waals surface area contributed by atoms with Gasteiger partial charge < -0.3 is 4.52 Å². The summed E-state index contributed by atoms with van der Waals surface area (Å²) in [5.41, 5.74) is -0.440. The summed E-state index contributed by atoms with van der Waals surface area (Å²) < 4.78 is 4.74. The lowest BCUT2D eigenvalue weighted by Gasteiger charge is -1.61. The maximum Gasteiger partial charge on any atom is 0.377 e. The van der Waals surface area contributed by atoms with E-state index < -0.39 is 5.69 Å². The van der Waals surface area contributed by atoms with Gasteiger partial charge in [-0.15, -0.1) is 4.98 Å². The van der Waals surface area contributed by atoms with Crippen molar-refractivity contribution in [1.29, 1.82) is 0 Å². The summed E-state index contributed by atoms with van der Waals surface area (Å²) in [6.07, 6.45) is 0. The molecule has 0 radical (unpaired) electrons. The van der Waals surface area contributed by atoms with E-state index in [4.69, 9.17) is 0 Å². The van der Waals surface area contributed by atoms with Gasteiger partial charge in [-0.05, 0) is 0 Å². The number of H-pyrrole nitrogens is 1. The smallest absolute Gasteiger partial charge is 0.351 e. The van der Waals surface area contributed by atoms with E-state index >= 15 is 0 Å². The van der Waals surface area contributed by atoms with E-state index in [1.807, 2.05) is 5.16 Å². The molecule has 0 aromatic carbocycles. The van der Waals surface area contributed by atoms with Crippen LogP contribution >= 0.6 is 22.6 Å². The van der Waals surface area contributed by atoms with Crippen molar-refractivity contribution in [3.63, 3.8) is 0 Å². The number of aromatic amines is 1. The second kappa shape index (κ2) is 1.65. The van der Waals surface area contributed by atoms with E-state index in [0.717, 1.165) is 0 Å². The van der Waals surface area contributed by atoms with Crippen LogP contribution in [0.5, 0.6) is 0 Å². The van der Waals surface area contributed by atoms with Crippen LogP contribution < -0.4 is 5.69 Å². The van der Waals surface area contributed by atoms with Crippen LogP contribution in [0.4, 0.5) is 0 Å². The third kappa shape index (κ3) is 1.02. The number of rotatable bonds is 0. The molecular weight excluding hydrogens is 211 g/mol. The van der Waals surface area contributed by atoms with Gasteiger partial charge in [-0.25, -0.2) is 4.79 Å². The van der Waals surface area contributed by atoms with Gasteiger partial charge in [0.2, 0.25) is 0 Å². The summed E-state index contributed by atoms with van der Waals surface area (Å²) in [7, 11) is 0. The van der Waals surface area contributed by atoms with E-state index in [2.05, 4.69) is 9.51 Å². The molecule has 0 bridgehead atoms. The molecular formula is C2HIN2O2. The third-order valence-electron chi connectivity index (χ3n) is 0.412. The lowest BCUT2D eigenvalue weighted by atomic mass is 11.3. The first-order valence-electron chi connectivity index (χ1n) is 1.50.